The molecule has 0 aliphatic heterocycles. The second-order valence-corrected chi connectivity index (χ2v) is 7.16. The zero-order chi connectivity index (χ0) is 15.5. The van der Waals surface area contributed by atoms with E-state index in [-0.39, 0.29) is 11.5 Å². The quantitative estimate of drug-likeness (QED) is 0.862. The van der Waals surface area contributed by atoms with Crippen LogP contribution in [0.2, 0.25) is 0 Å². The van der Waals surface area contributed by atoms with E-state index in [1.54, 1.807) is 18.2 Å². The van der Waals surface area contributed by atoms with Crippen LogP contribution in [0.25, 0.3) is 0 Å². The lowest BCUT2D eigenvalue weighted by atomic mass is 10.2. The number of nitrogen functional groups attached to an aromatic ring is 1. The molecule has 0 spiro atoms. The maximum absolute atomic E-state index is 12.4. The Bertz CT molecular complexity index is 739. The molecule has 0 heterocycles. The van der Waals surface area contributed by atoms with E-state index in [0.717, 1.165) is 11.1 Å². The molecule has 0 radical (unpaired) electrons. The fourth-order valence-corrected chi connectivity index (χ4v) is 3.74. The minimum atomic E-state index is -3.29. The highest BCUT2D eigenvalue weighted by Crippen LogP contribution is 2.24. The number of hydrogen-bond donors (Lipinski definition) is 1. The fourth-order valence-electron chi connectivity index (χ4n) is 2.26. The molecular weight excluding hydrogens is 286 g/mol. The second kappa shape index (κ2) is 6.18. The van der Waals surface area contributed by atoms with Gasteiger partial charge >= 0.3 is 0 Å². The Balaban J connectivity index is 2.23. The first-order valence-electron chi connectivity index (χ1n) is 6.58. The topological polar surface area (TPSA) is 69.4 Å². The van der Waals surface area contributed by atoms with Gasteiger partial charge in [0.1, 0.15) is 5.75 Å². The first-order chi connectivity index (χ1) is 9.89. The number of nitrogens with two attached hydrogens (primary N) is 1. The van der Waals surface area contributed by atoms with E-state index in [0.29, 0.717) is 17.0 Å². The molecule has 0 amide bonds. The average molecular weight is 305 g/mol. The molecule has 0 atom stereocenters. The first kappa shape index (κ1) is 15.4. The Morgan fingerprint density at radius 1 is 1.10 bits per heavy atom. The molecule has 0 saturated heterocycles. The fraction of sp³-hybridized carbons (Fsp3) is 0.250. The summed E-state index contributed by atoms with van der Waals surface area (Å²) in [7, 11) is -1.77. The molecule has 2 aromatic carbocycles. The second-order valence-electron chi connectivity index (χ2n) is 5.09. The molecule has 2 rings (SSSR count). The molecule has 112 valence electrons. The lowest BCUT2D eigenvalue weighted by Crippen LogP contribution is -2.09. The number of hydrogen-bond acceptors (Lipinski definition) is 4. The predicted molar refractivity (Wildman–Crippen MR) is 84.9 cm³/mol. The zero-order valence-electron chi connectivity index (χ0n) is 12.2. The molecule has 0 unspecified atom stereocenters. The van der Waals surface area contributed by atoms with Gasteiger partial charge in [0.25, 0.3) is 0 Å². The number of benzene rings is 2. The van der Waals surface area contributed by atoms with Crippen LogP contribution in [0.1, 0.15) is 16.7 Å². The summed E-state index contributed by atoms with van der Waals surface area (Å²) in [6.45, 7) is 1.94. The summed E-state index contributed by atoms with van der Waals surface area (Å²) in [5.74, 6) is 0.457. The molecule has 0 aliphatic carbocycles. The average Bonchev–Trinajstić information content (AvgIpc) is 2.37. The van der Waals surface area contributed by atoms with Gasteiger partial charge in [0, 0.05) is 11.3 Å². The molecular formula is C16H19NO3S. The van der Waals surface area contributed by atoms with E-state index in [2.05, 4.69) is 0 Å². The number of methoxy groups -OCH3 is 1. The molecule has 4 nitrogen and oxygen atoms in total. The normalized spacial score (nSPS) is 11.3. The molecule has 0 bridgehead atoms. The van der Waals surface area contributed by atoms with Gasteiger partial charge in [0.15, 0.2) is 9.84 Å². The Hall–Kier alpha value is -2.01. The first-order valence-corrected chi connectivity index (χ1v) is 8.40. The Kier molecular flexibility index (Phi) is 4.53. The summed E-state index contributed by atoms with van der Waals surface area (Å²) in [6.07, 6.45) is 0. The van der Waals surface area contributed by atoms with Crippen molar-refractivity contribution in [2.45, 2.75) is 18.4 Å². The summed E-state index contributed by atoms with van der Waals surface area (Å²) in [5.41, 5.74) is 8.67. The number of sulfone groups is 1. The zero-order valence-corrected chi connectivity index (χ0v) is 13.0. The molecule has 2 N–H and O–H groups in total. The van der Waals surface area contributed by atoms with E-state index in [9.17, 15) is 8.42 Å². The van der Waals surface area contributed by atoms with E-state index >= 15 is 0 Å². The summed E-state index contributed by atoms with van der Waals surface area (Å²) >= 11 is 0. The number of rotatable bonds is 5. The van der Waals surface area contributed by atoms with Crippen molar-refractivity contribution in [1.82, 2.24) is 0 Å². The maximum atomic E-state index is 12.4. The van der Waals surface area contributed by atoms with Gasteiger partial charge in [0.2, 0.25) is 0 Å². The van der Waals surface area contributed by atoms with Crippen molar-refractivity contribution in [3.05, 3.63) is 59.2 Å². The van der Waals surface area contributed by atoms with Gasteiger partial charge in [-0.3, -0.25) is 0 Å². The number of ether oxygens (including phenoxy) is 1. The van der Waals surface area contributed by atoms with E-state index in [4.69, 9.17) is 10.5 Å². The van der Waals surface area contributed by atoms with Gasteiger partial charge in [-0.2, -0.15) is 0 Å². The van der Waals surface area contributed by atoms with Crippen LogP contribution in [-0.4, -0.2) is 15.5 Å². The predicted octanol–water partition coefficient (Wildman–Crippen LogP) is 2.70. The summed E-state index contributed by atoms with van der Waals surface area (Å²) < 4.78 is 29.9. The van der Waals surface area contributed by atoms with Crippen LogP contribution in [0.3, 0.4) is 0 Å². The van der Waals surface area contributed by atoms with Gasteiger partial charge in [-0.25, -0.2) is 8.42 Å². The van der Waals surface area contributed by atoms with Crippen LogP contribution in [-0.2, 0) is 21.3 Å². The molecule has 0 aromatic heterocycles. The van der Waals surface area contributed by atoms with Crippen LogP contribution < -0.4 is 10.5 Å². The molecule has 0 fully saturated rings. The van der Waals surface area contributed by atoms with Crippen molar-refractivity contribution in [2.24, 2.45) is 0 Å². The highest BCUT2D eigenvalue weighted by molar-refractivity contribution is 7.89. The van der Waals surface area contributed by atoms with Gasteiger partial charge < -0.3 is 10.5 Å². The van der Waals surface area contributed by atoms with Gasteiger partial charge in [-0.1, -0.05) is 29.8 Å². The smallest absolute Gasteiger partial charge is 0.158 e. The molecule has 2 aromatic rings. The Morgan fingerprint density at radius 3 is 2.52 bits per heavy atom. The van der Waals surface area contributed by atoms with Crippen LogP contribution in [0.15, 0.2) is 42.5 Å². The molecule has 21 heavy (non-hydrogen) atoms. The molecule has 0 aliphatic rings. The van der Waals surface area contributed by atoms with Crippen LogP contribution in [0.4, 0.5) is 5.69 Å². The Morgan fingerprint density at radius 2 is 1.86 bits per heavy atom. The van der Waals surface area contributed by atoms with E-state index in [1.165, 1.54) is 7.11 Å². The maximum Gasteiger partial charge on any atom is 0.158 e. The molecule has 0 saturated carbocycles. The van der Waals surface area contributed by atoms with Crippen LogP contribution in [0.5, 0.6) is 5.75 Å². The molecule has 5 heteroatoms. The van der Waals surface area contributed by atoms with Crippen molar-refractivity contribution in [3.8, 4) is 5.75 Å². The highest BCUT2D eigenvalue weighted by Gasteiger charge is 2.16. The Labute approximate surface area is 125 Å². The highest BCUT2D eigenvalue weighted by atomic mass is 32.2. The SMILES string of the molecule is COc1ccc(N)cc1CS(=O)(=O)Cc1cccc(C)c1. The number of anilines is 1. The van der Waals surface area contributed by atoms with Gasteiger partial charge in [-0.15, -0.1) is 0 Å². The third kappa shape index (κ3) is 4.23. The van der Waals surface area contributed by atoms with Crippen LogP contribution >= 0.6 is 0 Å². The van der Waals surface area contributed by atoms with Gasteiger partial charge in [0.05, 0.1) is 18.6 Å². The minimum Gasteiger partial charge on any atom is -0.496 e. The third-order valence-electron chi connectivity index (χ3n) is 3.15. The standard InChI is InChI=1S/C16H19NO3S/c1-12-4-3-5-13(8-12)10-21(18,19)11-14-9-15(17)6-7-16(14)20-2/h3-9H,10-11,17H2,1-2H3. The van der Waals surface area contributed by atoms with Crippen molar-refractivity contribution in [1.29, 1.82) is 0 Å². The van der Waals surface area contributed by atoms with Crippen molar-refractivity contribution >= 4 is 15.5 Å². The lowest BCUT2D eigenvalue weighted by Gasteiger charge is -2.10. The van der Waals surface area contributed by atoms with Crippen molar-refractivity contribution in [2.75, 3.05) is 12.8 Å². The van der Waals surface area contributed by atoms with E-state index in [1.807, 2.05) is 31.2 Å². The summed E-state index contributed by atoms with van der Waals surface area (Å²) in [4.78, 5) is 0. The monoisotopic (exact) mass is 305 g/mol. The van der Waals surface area contributed by atoms with Gasteiger partial charge in [-0.05, 0) is 30.7 Å². The largest absolute Gasteiger partial charge is 0.496 e. The minimum absolute atomic E-state index is 0.00658. The summed E-state index contributed by atoms with van der Waals surface area (Å²) in [6, 6.07) is 12.5. The van der Waals surface area contributed by atoms with Crippen molar-refractivity contribution in [3.63, 3.8) is 0 Å². The van der Waals surface area contributed by atoms with Crippen molar-refractivity contribution < 1.29 is 13.2 Å². The van der Waals surface area contributed by atoms with Crippen LogP contribution in [0, 0.1) is 6.92 Å². The summed E-state index contributed by atoms with van der Waals surface area (Å²) in [5, 5.41) is 0. The third-order valence-corrected chi connectivity index (χ3v) is 4.67. The lowest BCUT2D eigenvalue weighted by molar-refractivity contribution is 0.411. The van der Waals surface area contributed by atoms with E-state index < -0.39 is 9.84 Å². The number of aryl methyl sites for hydroxylation is 1.